The summed E-state index contributed by atoms with van der Waals surface area (Å²) in [7, 11) is 0. The minimum absolute atomic E-state index is 0.207. The highest BCUT2D eigenvalue weighted by Crippen LogP contribution is 2.40. The second-order valence-electron chi connectivity index (χ2n) is 8.35. The van der Waals surface area contributed by atoms with Gasteiger partial charge in [0.15, 0.2) is 0 Å². The first-order chi connectivity index (χ1) is 12.4. The van der Waals surface area contributed by atoms with Crippen molar-refractivity contribution in [3.05, 3.63) is 94.5 Å². The van der Waals surface area contributed by atoms with Crippen LogP contribution in [0.2, 0.25) is 0 Å². The Morgan fingerprint density at radius 3 is 2.15 bits per heavy atom. The van der Waals surface area contributed by atoms with Crippen LogP contribution in [0, 0.1) is 0 Å². The molecule has 1 aliphatic rings. The molecule has 1 aliphatic heterocycles. The van der Waals surface area contributed by atoms with Gasteiger partial charge in [0.25, 0.3) is 0 Å². The van der Waals surface area contributed by atoms with Crippen molar-refractivity contribution in [3.63, 3.8) is 0 Å². The van der Waals surface area contributed by atoms with Gasteiger partial charge in [0.1, 0.15) is 0 Å². The van der Waals surface area contributed by atoms with E-state index in [-0.39, 0.29) is 5.41 Å². The molecule has 1 atom stereocenters. The van der Waals surface area contributed by atoms with E-state index in [2.05, 4.69) is 94.4 Å². The van der Waals surface area contributed by atoms with Crippen LogP contribution >= 0.6 is 11.8 Å². The van der Waals surface area contributed by atoms with Crippen molar-refractivity contribution >= 4 is 11.8 Å². The Bertz CT molecular complexity index is 929. The van der Waals surface area contributed by atoms with Gasteiger partial charge in [0, 0.05) is 15.7 Å². The van der Waals surface area contributed by atoms with E-state index < -0.39 is 0 Å². The van der Waals surface area contributed by atoms with Gasteiger partial charge < -0.3 is 0 Å². The Hall–Kier alpha value is -1.99. The predicted molar refractivity (Wildman–Crippen MR) is 112 cm³/mol. The fraction of sp³-hybridized carbons (Fsp3) is 0.280. The number of rotatable bonds is 2. The van der Waals surface area contributed by atoms with Gasteiger partial charge in [-0.15, -0.1) is 0 Å². The Balaban J connectivity index is 1.61. The zero-order chi connectivity index (χ0) is 18.3. The second kappa shape index (κ2) is 6.63. The summed E-state index contributed by atoms with van der Waals surface area (Å²) >= 11 is 1.90. The standard InChI is InChI=1S/C25H26S/c1-17(18-9-12-22(13-10-18)25(2,3)4)19-11-14-24-21(15-19)16-20-7-5-6-8-23(20)26-24/h5-15,17H,16H2,1-4H3. The summed E-state index contributed by atoms with van der Waals surface area (Å²) in [6, 6.07) is 25.0. The molecule has 0 aliphatic carbocycles. The average molecular weight is 359 g/mol. The normalized spacial score (nSPS) is 14.5. The number of hydrogen-bond donors (Lipinski definition) is 0. The summed E-state index contributed by atoms with van der Waals surface area (Å²) in [5, 5.41) is 0. The third-order valence-corrected chi connectivity index (χ3v) is 6.67. The molecule has 4 rings (SSSR count). The summed E-state index contributed by atoms with van der Waals surface area (Å²) in [5.41, 5.74) is 7.31. The van der Waals surface area contributed by atoms with Crippen LogP contribution in [0.25, 0.3) is 0 Å². The molecule has 132 valence electrons. The van der Waals surface area contributed by atoms with Crippen molar-refractivity contribution < 1.29 is 0 Å². The number of benzene rings is 3. The summed E-state index contributed by atoms with van der Waals surface area (Å²) in [6.07, 6.45) is 1.04. The van der Waals surface area contributed by atoms with E-state index in [1.807, 2.05) is 11.8 Å². The minimum atomic E-state index is 0.207. The Morgan fingerprint density at radius 1 is 0.769 bits per heavy atom. The topological polar surface area (TPSA) is 0 Å². The third kappa shape index (κ3) is 3.33. The quantitative estimate of drug-likeness (QED) is 0.365. The van der Waals surface area contributed by atoms with E-state index in [1.54, 1.807) is 0 Å². The van der Waals surface area contributed by atoms with E-state index >= 15 is 0 Å². The fourth-order valence-electron chi connectivity index (χ4n) is 3.64. The molecule has 0 spiro atoms. The van der Waals surface area contributed by atoms with Crippen molar-refractivity contribution in [2.75, 3.05) is 0 Å². The number of fused-ring (bicyclic) bond motifs is 2. The predicted octanol–water partition coefficient (Wildman–Crippen LogP) is 7.19. The van der Waals surface area contributed by atoms with Gasteiger partial charge in [-0.2, -0.15) is 0 Å². The fourth-order valence-corrected chi connectivity index (χ4v) is 4.70. The molecular weight excluding hydrogens is 332 g/mol. The summed E-state index contributed by atoms with van der Waals surface area (Å²) in [4.78, 5) is 2.81. The Labute approximate surface area is 161 Å². The molecule has 0 saturated carbocycles. The average Bonchev–Trinajstić information content (AvgIpc) is 2.64. The maximum atomic E-state index is 2.42. The highest BCUT2D eigenvalue weighted by Gasteiger charge is 2.18. The summed E-state index contributed by atoms with van der Waals surface area (Å²) < 4.78 is 0. The van der Waals surface area contributed by atoms with Gasteiger partial charge in [-0.1, -0.05) is 94.1 Å². The minimum Gasteiger partial charge on any atom is -0.0895 e. The van der Waals surface area contributed by atoms with Crippen LogP contribution in [-0.2, 0) is 11.8 Å². The molecule has 0 N–H and O–H groups in total. The SMILES string of the molecule is CC(c1ccc(C(C)(C)C)cc1)c1ccc2c(c1)Cc1ccccc1S2. The Kier molecular flexibility index (Phi) is 4.44. The maximum absolute atomic E-state index is 2.42. The lowest BCUT2D eigenvalue weighted by molar-refractivity contribution is 0.590. The molecule has 3 aromatic carbocycles. The van der Waals surface area contributed by atoms with E-state index in [9.17, 15) is 0 Å². The molecule has 0 nitrogen and oxygen atoms in total. The van der Waals surface area contributed by atoms with E-state index in [1.165, 1.54) is 37.6 Å². The molecule has 1 heteroatoms. The van der Waals surface area contributed by atoms with Crippen molar-refractivity contribution in [2.45, 2.75) is 55.2 Å². The number of hydrogen-bond acceptors (Lipinski definition) is 1. The molecule has 1 unspecified atom stereocenters. The highest BCUT2D eigenvalue weighted by molar-refractivity contribution is 7.99. The van der Waals surface area contributed by atoms with Gasteiger partial charge in [-0.05, 0) is 51.8 Å². The lowest BCUT2D eigenvalue weighted by Crippen LogP contribution is -2.11. The van der Waals surface area contributed by atoms with Crippen molar-refractivity contribution in [3.8, 4) is 0 Å². The highest BCUT2D eigenvalue weighted by atomic mass is 32.2. The van der Waals surface area contributed by atoms with Gasteiger partial charge in [-0.3, -0.25) is 0 Å². The molecule has 26 heavy (non-hydrogen) atoms. The van der Waals surface area contributed by atoms with Crippen LogP contribution in [-0.4, -0.2) is 0 Å². The lowest BCUT2D eigenvalue weighted by atomic mass is 9.84. The van der Waals surface area contributed by atoms with Crippen molar-refractivity contribution in [1.82, 2.24) is 0 Å². The Morgan fingerprint density at radius 2 is 1.42 bits per heavy atom. The van der Waals surface area contributed by atoms with Crippen LogP contribution in [0.5, 0.6) is 0 Å². The molecule has 0 aromatic heterocycles. The van der Waals surface area contributed by atoms with E-state index in [0.717, 1.165) is 6.42 Å². The van der Waals surface area contributed by atoms with Crippen molar-refractivity contribution in [2.24, 2.45) is 0 Å². The van der Waals surface area contributed by atoms with Gasteiger partial charge >= 0.3 is 0 Å². The van der Waals surface area contributed by atoms with Gasteiger partial charge in [0.05, 0.1) is 0 Å². The van der Waals surface area contributed by atoms with Crippen LogP contribution in [0.1, 0.15) is 61.4 Å². The molecule has 0 amide bonds. The van der Waals surface area contributed by atoms with Crippen LogP contribution in [0.3, 0.4) is 0 Å². The molecule has 3 aromatic rings. The molecule has 0 bridgehead atoms. The first-order valence-electron chi connectivity index (χ1n) is 9.41. The zero-order valence-electron chi connectivity index (χ0n) is 16.0. The smallest absolute Gasteiger partial charge is 0.0158 e. The molecular formula is C25H26S. The van der Waals surface area contributed by atoms with Crippen LogP contribution in [0.4, 0.5) is 0 Å². The molecule has 1 heterocycles. The first-order valence-corrected chi connectivity index (χ1v) is 10.2. The summed E-state index contributed by atoms with van der Waals surface area (Å²) in [5.74, 6) is 0.413. The van der Waals surface area contributed by atoms with Gasteiger partial charge in [-0.25, -0.2) is 0 Å². The largest absolute Gasteiger partial charge is 0.0895 e. The molecule has 0 fully saturated rings. The third-order valence-electron chi connectivity index (χ3n) is 5.43. The second-order valence-corrected chi connectivity index (χ2v) is 9.43. The van der Waals surface area contributed by atoms with E-state index in [0.29, 0.717) is 5.92 Å². The lowest BCUT2D eigenvalue weighted by Gasteiger charge is -2.22. The summed E-state index contributed by atoms with van der Waals surface area (Å²) in [6.45, 7) is 9.12. The molecule has 0 radical (unpaired) electrons. The monoisotopic (exact) mass is 358 g/mol. The van der Waals surface area contributed by atoms with Gasteiger partial charge in [0.2, 0.25) is 0 Å². The van der Waals surface area contributed by atoms with Crippen LogP contribution in [0.15, 0.2) is 76.5 Å². The maximum Gasteiger partial charge on any atom is 0.0158 e. The van der Waals surface area contributed by atoms with Crippen molar-refractivity contribution in [1.29, 1.82) is 0 Å². The van der Waals surface area contributed by atoms with E-state index in [4.69, 9.17) is 0 Å². The molecule has 0 saturated heterocycles. The zero-order valence-corrected chi connectivity index (χ0v) is 16.9. The van der Waals surface area contributed by atoms with Crippen LogP contribution < -0.4 is 0 Å². The first kappa shape index (κ1) is 17.4.